The second kappa shape index (κ2) is 8.86. The van der Waals surface area contributed by atoms with E-state index in [1.54, 1.807) is 0 Å². The van der Waals surface area contributed by atoms with Gasteiger partial charge in [-0.05, 0) is 54.7 Å². The number of allylic oxidation sites excluding steroid dienone is 8. The summed E-state index contributed by atoms with van der Waals surface area (Å²) in [5, 5.41) is 0. The van der Waals surface area contributed by atoms with E-state index < -0.39 is 0 Å². The van der Waals surface area contributed by atoms with Crippen LogP contribution in [-0.2, 0) is 10.8 Å². The predicted molar refractivity (Wildman–Crippen MR) is 162 cm³/mol. The molecule has 2 aromatic rings. The average Bonchev–Trinajstić information content (AvgIpc) is 3.54. The van der Waals surface area contributed by atoms with Crippen LogP contribution in [-0.4, -0.2) is 37.0 Å². The van der Waals surface area contributed by atoms with Gasteiger partial charge in [0.05, 0.1) is 0 Å². The van der Waals surface area contributed by atoms with Crippen LogP contribution in [0.4, 0.5) is 11.4 Å². The summed E-state index contributed by atoms with van der Waals surface area (Å²) < 4.78 is 2.60. The van der Waals surface area contributed by atoms with E-state index in [9.17, 15) is 0 Å². The summed E-state index contributed by atoms with van der Waals surface area (Å²) >= 11 is 0. The minimum absolute atomic E-state index is 0.00112. The van der Waals surface area contributed by atoms with Crippen molar-refractivity contribution in [1.82, 2.24) is 0 Å². The van der Waals surface area contributed by atoms with E-state index in [0.717, 1.165) is 19.4 Å². The van der Waals surface area contributed by atoms with Crippen LogP contribution in [0.15, 0.2) is 95.4 Å². The number of fused-ring (bicyclic) bond motifs is 2. The van der Waals surface area contributed by atoms with Gasteiger partial charge < -0.3 is 9.80 Å². The first-order chi connectivity index (χ1) is 18.1. The molecule has 0 N–H and O–H groups in total. The fourth-order valence-corrected chi connectivity index (χ4v) is 7.12. The van der Waals surface area contributed by atoms with Crippen molar-refractivity contribution < 1.29 is 4.58 Å². The van der Waals surface area contributed by atoms with Gasteiger partial charge in [0.1, 0.15) is 0 Å². The Bertz CT molecular complexity index is 1360. The molecule has 0 bridgehead atoms. The molecule has 4 aliphatic rings. The minimum atomic E-state index is 0.00112. The third-order valence-electron chi connectivity index (χ3n) is 9.41. The molecule has 3 nitrogen and oxygen atoms in total. The lowest BCUT2D eigenvalue weighted by atomic mass is 9.82. The highest BCUT2D eigenvalue weighted by molar-refractivity contribution is 6.10. The maximum Gasteiger partial charge on any atom is 0.208 e. The average molecular weight is 505 g/mol. The largest absolute Gasteiger partial charge is 0.347 e. The summed E-state index contributed by atoms with van der Waals surface area (Å²) in [6.45, 7) is 12.9. The lowest BCUT2D eigenvalue weighted by Crippen LogP contribution is -2.23. The van der Waals surface area contributed by atoms with Gasteiger partial charge in [0, 0.05) is 65.8 Å². The molecule has 196 valence electrons. The standard InChI is InChI=1S/C35H42N3/c1-24-23-38(24)33-25(19-21-31-34(2,3)27-15-8-10-17-29(27)36(31)6)13-12-14-26(33)20-22-32-35(4,5)28-16-9-11-18-30(28)37(32)7/h8-11,15-22,24H,12-14,23H2,1-7H3/q+1. The lowest BCUT2D eigenvalue weighted by molar-refractivity contribution is -0.357. The number of para-hydroxylation sites is 2. The molecule has 0 radical (unpaired) electrons. The van der Waals surface area contributed by atoms with Gasteiger partial charge in [-0.15, -0.1) is 0 Å². The van der Waals surface area contributed by atoms with Gasteiger partial charge >= 0.3 is 0 Å². The molecule has 3 aliphatic heterocycles. The SMILES string of the molecule is CC1C[N+]1=C1/C(=C/C=C2/N(C)c3ccccc3C2(C)C)CCC/C1=C\C=C1\N(C)c2ccccc2C1(C)C. The van der Waals surface area contributed by atoms with Gasteiger partial charge in [-0.3, -0.25) is 0 Å². The maximum absolute atomic E-state index is 2.60. The molecule has 2 fully saturated rings. The Balaban J connectivity index is 1.38. The first kappa shape index (κ1) is 25.0. The summed E-state index contributed by atoms with van der Waals surface area (Å²) in [7, 11) is 4.43. The Labute approximate surface area is 229 Å². The van der Waals surface area contributed by atoms with E-state index >= 15 is 0 Å². The Morgan fingerprint density at radius 1 is 0.711 bits per heavy atom. The summed E-state index contributed by atoms with van der Waals surface area (Å²) in [6, 6.07) is 18.3. The van der Waals surface area contributed by atoms with Crippen LogP contribution < -0.4 is 9.80 Å². The van der Waals surface area contributed by atoms with Crippen molar-refractivity contribution in [2.45, 2.75) is 70.8 Å². The smallest absolute Gasteiger partial charge is 0.208 e. The molecular formula is C35H42N3+. The molecule has 1 saturated heterocycles. The molecule has 1 saturated carbocycles. The molecule has 3 heteroatoms. The minimum Gasteiger partial charge on any atom is -0.347 e. The zero-order chi connectivity index (χ0) is 26.8. The third-order valence-corrected chi connectivity index (χ3v) is 9.41. The van der Waals surface area contributed by atoms with Crippen molar-refractivity contribution in [2.75, 3.05) is 30.4 Å². The summed E-state index contributed by atoms with van der Waals surface area (Å²) in [5.41, 5.74) is 12.7. The van der Waals surface area contributed by atoms with Gasteiger partial charge in [0.15, 0.2) is 0 Å². The van der Waals surface area contributed by atoms with Crippen molar-refractivity contribution >= 4 is 17.1 Å². The second-order valence-corrected chi connectivity index (χ2v) is 12.6. The van der Waals surface area contributed by atoms with Crippen LogP contribution in [0.3, 0.4) is 0 Å². The van der Waals surface area contributed by atoms with E-state index in [1.165, 1.54) is 57.2 Å². The molecular weight excluding hydrogens is 462 g/mol. The molecule has 2 aromatic carbocycles. The van der Waals surface area contributed by atoms with Crippen LogP contribution in [0.1, 0.15) is 65.0 Å². The third kappa shape index (κ3) is 3.82. The Morgan fingerprint density at radius 2 is 1.13 bits per heavy atom. The number of nitrogens with zero attached hydrogens (tertiary/aromatic N) is 3. The zero-order valence-electron chi connectivity index (χ0n) is 24.2. The molecule has 1 aliphatic carbocycles. The monoisotopic (exact) mass is 504 g/mol. The molecule has 0 amide bonds. The van der Waals surface area contributed by atoms with E-state index in [1.807, 2.05) is 0 Å². The van der Waals surface area contributed by atoms with Gasteiger partial charge in [0.2, 0.25) is 18.3 Å². The molecule has 38 heavy (non-hydrogen) atoms. The topological polar surface area (TPSA) is 9.49 Å². The van der Waals surface area contributed by atoms with Crippen LogP contribution >= 0.6 is 0 Å². The highest BCUT2D eigenvalue weighted by atomic mass is 15.2. The lowest BCUT2D eigenvalue weighted by Gasteiger charge is -2.24. The van der Waals surface area contributed by atoms with Crippen LogP contribution in [0.25, 0.3) is 0 Å². The second-order valence-electron chi connectivity index (χ2n) is 12.6. The Hall–Kier alpha value is -3.33. The van der Waals surface area contributed by atoms with Gasteiger partial charge in [0.25, 0.3) is 0 Å². The number of benzene rings is 2. The van der Waals surface area contributed by atoms with Crippen molar-refractivity contribution in [2.24, 2.45) is 0 Å². The quantitative estimate of drug-likeness (QED) is 0.309. The van der Waals surface area contributed by atoms with Crippen molar-refractivity contribution in [1.29, 1.82) is 0 Å². The number of hydrogen-bond acceptors (Lipinski definition) is 2. The number of anilines is 2. The van der Waals surface area contributed by atoms with Crippen molar-refractivity contribution in [3.05, 3.63) is 107 Å². The van der Waals surface area contributed by atoms with Gasteiger partial charge in [-0.25, -0.2) is 4.58 Å². The molecule has 0 aromatic heterocycles. The van der Waals surface area contributed by atoms with Crippen molar-refractivity contribution in [3.8, 4) is 0 Å². The summed E-state index contributed by atoms with van der Waals surface area (Å²) in [5.74, 6) is 0. The van der Waals surface area contributed by atoms with E-state index in [2.05, 4.69) is 136 Å². The van der Waals surface area contributed by atoms with E-state index in [-0.39, 0.29) is 10.8 Å². The molecule has 0 spiro atoms. The molecule has 6 rings (SSSR count). The molecule has 1 unspecified atom stereocenters. The first-order valence-corrected chi connectivity index (χ1v) is 14.3. The maximum atomic E-state index is 2.60. The zero-order valence-corrected chi connectivity index (χ0v) is 24.2. The Kier molecular flexibility index (Phi) is 5.83. The fraction of sp³-hybridized carbons (Fsp3) is 0.400. The van der Waals surface area contributed by atoms with Crippen LogP contribution in [0.2, 0.25) is 0 Å². The summed E-state index contributed by atoms with van der Waals surface area (Å²) in [4.78, 5) is 4.76. The van der Waals surface area contributed by atoms with Gasteiger partial charge in [-0.2, -0.15) is 0 Å². The van der Waals surface area contributed by atoms with Crippen LogP contribution in [0.5, 0.6) is 0 Å². The number of rotatable bonds is 2. The van der Waals surface area contributed by atoms with E-state index in [0.29, 0.717) is 6.04 Å². The number of likely N-dealkylation sites (N-methyl/N-ethyl adjacent to an activating group) is 2. The van der Waals surface area contributed by atoms with Crippen molar-refractivity contribution in [3.63, 3.8) is 0 Å². The normalized spacial score (nSPS) is 27.6. The molecule has 1 atom stereocenters. The number of hydrogen-bond donors (Lipinski definition) is 0. The Morgan fingerprint density at radius 3 is 1.53 bits per heavy atom. The highest BCUT2D eigenvalue weighted by Gasteiger charge is 2.43. The van der Waals surface area contributed by atoms with Gasteiger partial charge in [-0.1, -0.05) is 76.2 Å². The predicted octanol–water partition coefficient (Wildman–Crippen LogP) is 7.50. The van der Waals surface area contributed by atoms with Crippen LogP contribution in [0, 0.1) is 0 Å². The van der Waals surface area contributed by atoms with E-state index in [4.69, 9.17) is 0 Å². The first-order valence-electron chi connectivity index (χ1n) is 14.3. The fourth-order valence-electron chi connectivity index (χ4n) is 7.12. The molecule has 3 heterocycles. The summed E-state index contributed by atoms with van der Waals surface area (Å²) in [6.07, 6.45) is 13.1. The highest BCUT2D eigenvalue weighted by Crippen LogP contribution is 2.48.